The van der Waals surface area contributed by atoms with Crippen molar-refractivity contribution in [1.82, 2.24) is 19.7 Å². The molecule has 1 amide bonds. The maximum atomic E-state index is 12.6. The van der Waals surface area contributed by atoms with E-state index in [0.29, 0.717) is 18.5 Å². The van der Waals surface area contributed by atoms with Crippen LogP contribution >= 0.6 is 0 Å². The van der Waals surface area contributed by atoms with Crippen LogP contribution in [0, 0.1) is 0 Å². The number of aromatic nitrogens is 3. The summed E-state index contributed by atoms with van der Waals surface area (Å²) in [5.74, 6) is -0.135. The van der Waals surface area contributed by atoms with Gasteiger partial charge in [0.2, 0.25) is 0 Å². The molecule has 138 valence electrons. The number of β-amino-alcohol motifs (C(OH)–C–C–N with tert-alkyl or cyclic N) is 1. The van der Waals surface area contributed by atoms with Gasteiger partial charge in [-0.15, -0.1) is 10.2 Å². The zero-order chi connectivity index (χ0) is 18.9. The van der Waals surface area contributed by atoms with Gasteiger partial charge in [-0.05, 0) is 41.8 Å². The molecule has 2 aromatic carbocycles. The van der Waals surface area contributed by atoms with E-state index in [-0.39, 0.29) is 19.1 Å². The zero-order valence-corrected chi connectivity index (χ0v) is 14.7. The summed E-state index contributed by atoms with van der Waals surface area (Å²) in [5, 5.41) is 27.0. The second-order valence-corrected chi connectivity index (χ2v) is 6.86. The van der Waals surface area contributed by atoms with E-state index >= 15 is 0 Å². The first-order valence-electron chi connectivity index (χ1n) is 8.76. The Morgan fingerprint density at radius 2 is 1.81 bits per heavy atom. The molecule has 27 heavy (non-hydrogen) atoms. The number of likely N-dealkylation sites (tertiary alicyclic amines) is 1. The normalized spacial score (nSPS) is 19.4. The van der Waals surface area contributed by atoms with Crippen LogP contribution in [0.3, 0.4) is 0 Å². The van der Waals surface area contributed by atoms with Crippen LogP contribution in [0.1, 0.15) is 16.8 Å². The third kappa shape index (κ3) is 3.47. The van der Waals surface area contributed by atoms with Gasteiger partial charge >= 0.3 is 0 Å². The van der Waals surface area contributed by atoms with Crippen LogP contribution in [-0.2, 0) is 0 Å². The Hall–Kier alpha value is -3.03. The molecule has 1 aromatic heterocycles. The molecular weight excluding hydrogens is 344 g/mol. The van der Waals surface area contributed by atoms with Gasteiger partial charge in [-0.2, -0.15) is 0 Å². The van der Waals surface area contributed by atoms with Crippen LogP contribution in [0.25, 0.3) is 16.8 Å². The van der Waals surface area contributed by atoms with Crippen LogP contribution in [0.15, 0.2) is 61.2 Å². The summed E-state index contributed by atoms with van der Waals surface area (Å²) in [6, 6.07) is 15.4. The van der Waals surface area contributed by atoms with Gasteiger partial charge in [0.25, 0.3) is 5.91 Å². The molecule has 2 heterocycles. The highest BCUT2D eigenvalue weighted by atomic mass is 16.3. The minimum absolute atomic E-state index is 0.135. The second kappa shape index (κ2) is 6.94. The van der Waals surface area contributed by atoms with Gasteiger partial charge in [-0.1, -0.05) is 24.3 Å². The van der Waals surface area contributed by atoms with E-state index in [9.17, 15) is 15.0 Å². The summed E-state index contributed by atoms with van der Waals surface area (Å²) in [7, 11) is 0. The summed E-state index contributed by atoms with van der Waals surface area (Å²) < 4.78 is 1.83. The number of benzene rings is 2. The molecular formula is C20H20N4O3. The van der Waals surface area contributed by atoms with Gasteiger partial charge in [0.1, 0.15) is 18.3 Å². The summed E-state index contributed by atoms with van der Waals surface area (Å²) in [6.07, 6.45) is 3.68. The number of amides is 1. The molecule has 1 atom stereocenters. The topological polar surface area (TPSA) is 91.5 Å². The maximum Gasteiger partial charge on any atom is 0.253 e. The predicted octanol–water partition coefficient (Wildman–Crippen LogP) is 1.50. The van der Waals surface area contributed by atoms with Crippen molar-refractivity contribution in [3.05, 3.63) is 66.7 Å². The molecule has 0 spiro atoms. The highest BCUT2D eigenvalue weighted by Crippen LogP contribution is 2.25. The smallest absolute Gasteiger partial charge is 0.253 e. The van der Waals surface area contributed by atoms with Crippen LogP contribution in [-0.4, -0.2) is 61.1 Å². The average molecular weight is 364 g/mol. The molecule has 1 aliphatic rings. The minimum atomic E-state index is -1.18. The van der Waals surface area contributed by atoms with Crippen LogP contribution < -0.4 is 0 Å². The molecule has 1 unspecified atom stereocenters. The molecule has 2 N–H and O–H groups in total. The highest BCUT2D eigenvalue weighted by molar-refractivity contribution is 5.95. The Bertz CT molecular complexity index is 940. The number of aliphatic hydroxyl groups excluding tert-OH is 1. The third-order valence-electron chi connectivity index (χ3n) is 4.94. The van der Waals surface area contributed by atoms with Gasteiger partial charge < -0.3 is 15.1 Å². The molecule has 7 nitrogen and oxygen atoms in total. The fraction of sp³-hybridized carbons (Fsp3) is 0.250. The van der Waals surface area contributed by atoms with Crippen molar-refractivity contribution < 1.29 is 15.0 Å². The monoisotopic (exact) mass is 364 g/mol. The van der Waals surface area contributed by atoms with Crippen molar-refractivity contribution in [1.29, 1.82) is 0 Å². The summed E-state index contributed by atoms with van der Waals surface area (Å²) in [4.78, 5) is 14.2. The molecule has 1 saturated heterocycles. The number of hydrogen-bond donors (Lipinski definition) is 2. The summed E-state index contributed by atoms with van der Waals surface area (Å²) >= 11 is 0. The third-order valence-corrected chi connectivity index (χ3v) is 4.94. The minimum Gasteiger partial charge on any atom is -0.393 e. The van der Waals surface area contributed by atoms with E-state index in [4.69, 9.17) is 0 Å². The molecule has 1 fully saturated rings. The molecule has 0 aliphatic carbocycles. The largest absolute Gasteiger partial charge is 0.393 e. The lowest BCUT2D eigenvalue weighted by molar-refractivity contribution is -0.00455. The fourth-order valence-corrected chi connectivity index (χ4v) is 3.33. The van der Waals surface area contributed by atoms with Crippen molar-refractivity contribution in [3.8, 4) is 16.8 Å². The standard InChI is InChI=1S/C20H20N4O3/c25-12-20(27)8-9-23(11-20)19(26)16-6-4-15(5-7-16)17-2-1-3-18(10-17)24-13-21-22-14-24/h1-7,10,13-14,25,27H,8-9,11-12H2. The number of rotatable bonds is 4. The number of hydrogen-bond acceptors (Lipinski definition) is 5. The van der Waals surface area contributed by atoms with E-state index in [2.05, 4.69) is 10.2 Å². The lowest BCUT2D eigenvalue weighted by atomic mass is 10.0. The van der Waals surface area contributed by atoms with E-state index in [0.717, 1.165) is 16.8 Å². The van der Waals surface area contributed by atoms with Gasteiger partial charge in [0.15, 0.2) is 0 Å². The molecule has 0 bridgehead atoms. The molecule has 3 aromatic rings. The SMILES string of the molecule is O=C(c1ccc(-c2cccc(-n3cnnc3)c2)cc1)N1CCC(O)(CO)C1. The Morgan fingerprint density at radius 3 is 2.48 bits per heavy atom. The Morgan fingerprint density at radius 1 is 1.07 bits per heavy atom. The predicted molar refractivity (Wildman–Crippen MR) is 99.4 cm³/mol. The Labute approximate surface area is 156 Å². The maximum absolute atomic E-state index is 12.6. The van der Waals surface area contributed by atoms with Gasteiger partial charge in [0, 0.05) is 17.8 Å². The lowest BCUT2D eigenvalue weighted by Crippen LogP contribution is -2.38. The van der Waals surface area contributed by atoms with Gasteiger partial charge in [-0.25, -0.2) is 0 Å². The van der Waals surface area contributed by atoms with Crippen molar-refractivity contribution in [2.45, 2.75) is 12.0 Å². The Balaban J connectivity index is 1.53. The first-order valence-corrected chi connectivity index (χ1v) is 8.76. The molecule has 1 aliphatic heterocycles. The molecule has 7 heteroatoms. The van der Waals surface area contributed by atoms with Gasteiger partial charge in [-0.3, -0.25) is 9.36 Å². The number of carbonyl (C=O) groups is 1. The van der Waals surface area contributed by atoms with E-state index in [1.165, 1.54) is 0 Å². The van der Waals surface area contributed by atoms with Crippen molar-refractivity contribution in [2.24, 2.45) is 0 Å². The average Bonchev–Trinajstić information content (AvgIpc) is 3.38. The van der Waals surface area contributed by atoms with Crippen molar-refractivity contribution >= 4 is 5.91 Å². The van der Waals surface area contributed by atoms with E-state index < -0.39 is 5.60 Å². The number of aliphatic hydroxyl groups is 2. The highest BCUT2D eigenvalue weighted by Gasteiger charge is 2.37. The second-order valence-electron chi connectivity index (χ2n) is 6.86. The summed E-state index contributed by atoms with van der Waals surface area (Å²) in [6.45, 7) is 0.266. The summed E-state index contributed by atoms with van der Waals surface area (Å²) in [5.41, 5.74) is 2.36. The molecule has 0 radical (unpaired) electrons. The first kappa shape index (κ1) is 17.4. The first-order chi connectivity index (χ1) is 13.1. The Kier molecular flexibility index (Phi) is 4.47. The van der Waals surface area contributed by atoms with Crippen LogP contribution in [0.5, 0.6) is 0 Å². The van der Waals surface area contributed by atoms with Crippen LogP contribution in [0.4, 0.5) is 0 Å². The molecule has 0 saturated carbocycles. The lowest BCUT2D eigenvalue weighted by Gasteiger charge is -2.21. The van der Waals surface area contributed by atoms with Gasteiger partial charge in [0.05, 0.1) is 13.2 Å². The van der Waals surface area contributed by atoms with Crippen molar-refractivity contribution in [2.75, 3.05) is 19.7 Å². The number of carbonyl (C=O) groups excluding carboxylic acids is 1. The van der Waals surface area contributed by atoms with E-state index in [1.54, 1.807) is 29.7 Å². The quantitative estimate of drug-likeness (QED) is 0.732. The number of nitrogens with zero attached hydrogens (tertiary/aromatic N) is 4. The molecule has 4 rings (SSSR count). The van der Waals surface area contributed by atoms with Crippen LogP contribution in [0.2, 0.25) is 0 Å². The zero-order valence-electron chi connectivity index (χ0n) is 14.7. The fourth-order valence-electron chi connectivity index (χ4n) is 3.33. The van der Waals surface area contributed by atoms with Crippen molar-refractivity contribution in [3.63, 3.8) is 0 Å². The van der Waals surface area contributed by atoms with E-state index in [1.807, 2.05) is 41.0 Å².